The van der Waals surface area contributed by atoms with Crippen LogP contribution in [0.25, 0.3) is 11.1 Å². The maximum atomic E-state index is 12.9. The molecule has 0 atom stereocenters. The van der Waals surface area contributed by atoms with Crippen LogP contribution in [0.4, 0.5) is 18.2 Å². The first kappa shape index (κ1) is 22.0. The number of benzene rings is 2. The van der Waals surface area contributed by atoms with Crippen LogP contribution in [0, 0.1) is 0 Å². The number of halogens is 3. The second-order valence-electron chi connectivity index (χ2n) is 6.55. The molecule has 158 valence electrons. The first-order valence-electron chi connectivity index (χ1n) is 8.96. The van der Waals surface area contributed by atoms with Crippen molar-refractivity contribution < 1.29 is 26.4 Å². The molecule has 1 amide bonds. The van der Waals surface area contributed by atoms with E-state index in [4.69, 9.17) is 0 Å². The van der Waals surface area contributed by atoms with E-state index in [0.717, 1.165) is 12.1 Å². The van der Waals surface area contributed by atoms with Gasteiger partial charge in [0.15, 0.2) is 9.84 Å². The Bertz CT molecular complexity index is 1150. The summed E-state index contributed by atoms with van der Waals surface area (Å²) in [5.74, 6) is -0.307. The number of carbonyl (C=O) groups excluding carboxylic acids is 1. The lowest BCUT2D eigenvalue weighted by molar-refractivity contribution is -0.137. The van der Waals surface area contributed by atoms with E-state index in [0.29, 0.717) is 21.7 Å². The van der Waals surface area contributed by atoms with Gasteiger partial charge < -0.3 is 5.32 Å². The first-order chi connectivity index (χ1) is 14.1. The zero-order valence-electron chi connectivity index (χ0n) is 15.9. The highest BCUT2D eigenvalue weighted by Crippen LogP contribution is 2.34. The Morgan fingerprint density at radius 3 is 2.37 bits per heavy atom. The van der Waals surface area contributed by atoms with Gasteiger partial charge in [-0.1, -0.05) is 31.2 Å². The highest BCUT2D eigenvalue weighted by atomic mass is 32.2. The number of hydrogen-bond donors (Lipinski definition) is 1. The molecule has 3 aromatic rings. The number of alkyl halides is 3. The molecule has 2 aromatic carbocycles. The maximum absolute atomic E-state index is 12.9. The van der Waals surface area contributed by atoms with Gasteiger partial charge in [0.05, 0.1) is 27.6 Å². The van der Waals surface area contributed by atoms with Crippen molar-refractivity contribution in [3.05, 3.63) is 71.1 Å². The number of nitrogens with one attached hydrogen (secondary N) is 1. The lowest BCUT2D eigenvalue weighted by Gasteiger charge is -2.07. The summed E-state index contributed by atoms with van der Waals surface area (Å²) in [6, 6.07) is 12.7. The van der Waals surface area contributed by atoms with E-state index >= 15 is 0 Å². The van der Waals surface area contributed by atoms with Crippen LogP contribution < -0.4 is 5.32 Å². The van der Waals surface area contributed by atoms with Gasteiger partial charge >= 0.3 is 6.18 Å². The fourth-order valence-electron chi connectivity index (χ4n) is 2.78. The van der Waals surface area contributed by atoms with Gasteiger partial charge in [0, 0.05) is 5.38 Å². The highest BCUT2D eigenvalue weighted by molar-refractivity contribution is 7.91. The van der Waals surface area contributed by atoms with E-state index in [1.807, 2.05) is 0 Å². The van der Waals surface area contributed by atoms with Gasteiger partial charge in [-0.15, -0.1) is 11.3 Å². The zero-order chi connectivity index (χ0) is 21.9. The third kappa shape index (κ3) is 5.28. The fraction of sp³-hybridized carbons (Fsp3) is 0.190. The van der Waals surface area contributed by atoms with Crippen molar-refractivity contribution in [2.75, 3.05) is 11.1 Å². The van der Waals surface area contributed by atoms with E-state index in [9.17, 15) is 26.4 Å². The Morgan fingerprint density at radius 2 is 1.73 bits per heavy atom. The standard InChI is InChI=1S/C21H18F3NO3S2/c1-2-30(27,28)18-8-6-14(7-9-18)10-19(26)25-20-12-16(13-29-20)15-4-3-5-17(11-15)21(22,23)24/h3-9,11-13H,2,10H2,1H3,(H,25,26). The molecule has 1 N–H and O–H groups in total. The lowest BCUT2D eigenvalue weighted by atomic mass is 10.1. The molecule has 1 aromatic heterocycles. The molecule has 0 aliphatic rings. The molecule has 0 radical (unpaired) electrons. The van der Waals surface area contributed by atoms with Crippen LogP contribution in [0.15, 0.2) is 64.9 Å². The Balaban J connectivity index is 1.67. The van der Waals surface area contributed by atoms with Crippen LogP contribution >= 0.6 is 11.3 Å². The quantitative estimate of drug-likeness (QED) is 0.543. The maximum Gasteiger partial charge on any atom is 0.416 e. The minimum Gasteiger partial charge on any atom is -0.317 e. The molecule has 0 saturated heterocycles. The van der Waals surface area contributed by atoms with Crippen molar-refractivity contribution in [3.63, 3.8) is 0 Å². The van der Waals surface area contributed by atoms with Gasteiger partial charge in [0.2, 0.25) is 5.91 Å². The zero-order valence-corrected chi connectivity index (χ0v) is 17.5. The second-order valence-corrected chi connectivity index (χ2v) is 9.74. The van der Waals surface area contributed by atoms with E-state index in [1.54, 1.807) is 36.6 Å². The highest BCUT2D eigenvalue weighted by Gasteiger charge is 2.30. The predicted octanol–water partition coefficient (Wildman–Crippen LogP) is 5.41. The van der Waals surface area contributed by atoms with E-state index in [-0.39, 0.29) is 23.0 Å². The summed E-state index contributed by atoms with van der Waals surface area (Å²) in [7, 11) is -3.30. The van der Waals surface area contributed by atoms with Crippen molar-refractivity contribution in [2.24, 2.45) is 0 Å². The van der Waals surface area contributed by atoms with Crippen LogP contribution in [0.3, 0.4) is 0 Å². The average molecular weight is 454 g/mol. The molecule has 0 spiro atoms. The van der Waals surface area contributed by atoms with Gasteiger partial charge in [-0.2, -0.15) is 13.2 Å². The summed E-state index contributed by atoms with van der Waals surface area (Å²) >= 11 is 1.21. The summed E-state index contributed by atoms with van der Waals surface area (Å²) in [6.45, 7) is 1.56. The molecule has 0 aliphatic heterocycles. The van der Waals surface area contributed by atoms with Gasteiger partial charge in [-0.25, -0.2) is 8.42 Å². The molecule has 0 saturated carbocycles. The minimum absolute atomic E-state index is 0.000573. The molecular weight excluding hydrogens is 435 g/mol. The molecule has 30 heavy (non-hydrogen) atoms. The fourth-order valence-corrected chi connectivity index (χ4v) is 4.49. The first-order valence-corrected chi connectivity index (χ1v) is 11.5. The number of sulfone groups is 1. The summed E-state index contributed by atoms with van der Waals surface area (Å²) in [4.78, 5) is 12.5. The number of thiophene rings is 1. The number of carbonyl (C=O) groups is 1. The molecular formula is C21H18F3NO3S2. The topological polar surface area (TPSA) is 63.2 Å². The monoisotopic (exact) mass is 453 g/mol. The van der Waals surface area contributed by atoms with Crippen LogP contribution in [0.1, 0.15) is 18.1 Å². The van der Waals surface area contributed by atoms with Gasteiger partial charge in [-0.3, -0.25) is 4.79 Å². The second kappa shape index (κ2) is 8.61. The van der Waals surface area contributed by atoms with Crippen LogP contribution in [-0.4, -0.2) is 20.1 Å². The van der Waals surface area contributed by atoms with Gasteiger partial charge in [-0.05, 0) is 47.0 Å². The van der Waals surface area contributed by atoms with Crippen LogP contribution in [0.2, 0.25) is 0 Å². The average Bonchev–Trinajstić information content (AvgIpc) is 3.16. The smallest absolute Gasteiger partial charge is 0.317 e. The molecule has 0 unspecified atom stereocenters. The number of anilines is 1. The molecule has 0 bridgehead atoms. The number of hydrogen-bond acceptors (Lipinski definition) is 4. The third-order valence-electron chi connectivity index (χ3n) is 4.41. The third-order valence-corrected chi connectivity index (χ3v) is 7.01. The molecule has 9 heteroatoms. The minimum atomic E-state index is -4.42. The van der Waals surface area contributed by atoms with E-state index in [1.165, 1.54) is 29.5 Å². The van der Waals surface area contributed by atoms with Crippen LogP contribution in [-0.2, 0) is 27.2 Å². The summed E-state index contributed by atoms with van der Waals surface area (Å²) in [5, 5.41) is 4.91. The molecule has 3 rings (SSSR count). The van der Waals surface area contributed by atoms with Crippen molar-refractivity contribution >= 4 is 32.1 Å². The Morgan fingerprint density at radius 1 is 1.03 bits per heavy atom. The molecule has 4 nitrogen and oxygen atoms in total. The molecule has 0 fully saturated rings. The molecule has 0 aliphatic carbocycles. The Hall–Kier alpha value is -2.65. The normalized spacial score (nSPS) is 12.0. The summed E-state index contributed by atoms with van der Waals surface area (Å²) in [5.41, 5.74) is 0.910. The lowest BCUT2D eigenvalue weighted by Crippen LogP contribution is -2.13. The largest absolute Gasteiger partial charge is 0.416 e. The van der Waals surface area contributed by atoms with Crippen molar-refractivity contribution in [1.82, 2.24) is 0 Å². The van der Waals surface area contributed by atoms with Gasteiger partial charge in [0.1, 0.15) is 0 Å². The Labute approximate surface area is 176 Å². The van der Waals surface area contributed by atoms with Crippen LogP contribution in [0.5, 0.6) is 0 Å². The van der Waals surface area contributed by atoms with Crippen molar-refractivity contribution in [3.8, 4) is 11.1 Å². The summed E-state index contributed by atoms with van der Waals surface area (Å²) < 4.78 is 62.3. The van der Waals surface area contributed by atoms with E-state index < -0.39 is 21.6 Å². The van der Waals surface area contributed by atoms with E-state index in [2.05, 4.69) is 5.32 Å². The summed E-state index contributed by atoms with van der Waals surface area (Å²) in [6.07, 6.45) is -4.38. The number of rotatable bonds is 6. The number of amides is 1. The Kier molecular flexibility index (Phi) is 6.33. The molecule has 1 heterocycles. The SMILES string of the molecule is CCS(=O)(=O)c1ccc(CC(=O)Nc2cc(-c3cccc(C(F)(F)F)c3)cs2)cc1. The predicted molar refractivity (Wildman–Crippen MR) is 111 cm³/mol. The van der Waals surface area contributed by atoms with Crippen molar-refractivity contribution in [2.45, 2.75) is 24.4 Å². The van der Waals surface area contributed by atoms with Crippen molar-refractivity contribution in [1.29, 1.82) is 0 Å². The van der Waals surface area contributed by atoms with Gasteiger partial charge in [0.25, 0.3) is 0 Å².